The van der Waals surface area contributed by atoms with Gasteiger partial charge >= 0.3 is 0 Å². The zero-order valence-corrected chi connectivity index (χ0v) is 19.0. The van der Waals surface area contributed by atoms with Crippen molar-refractivity contribution in [3.05, 3.63) is 54.1 Å². The number of hydrogen-bond donors (Lipinski definition) is 1. The van der Waals surface area contributed by atoms with Crippen LogP contribution < -0.4 is 10.1 Å². The molecule has 162 valence electrons. The van der Waals surface area contributed by atoms with Gasteiger partial charge in [0, 0.05) is 30.3 Å². The van der Waals surface area contributed by atoms with Crippen molar-refractivity contribution in [2.75, 3.05) is 32.5 Å². The number of carbonyl (C=O) groups is 1. The highest BCUT2D eigenvalue weighted by atomic mass is 32.2. The quantitative estimate of drug-likeness (QED) is 0.493. The summed E-state index contributed by atoms with van der Waals surface area (Å²) in [6.07, 6.45) is 1.70. The number of benzene rings is 2. The molecule has 0 saturated carbocycles. The predicted octanol–water partition coefficient (Wildman–Crippen LogP) is 3.64. The molecular weight excluding hydrogens is 420 g/mol. The fourth-order valence-corrected chi connectivity index (χ4v) is 5.63. The smallest absolute Gasteiger partial charge is 0.255 e. The van der Waals surface area contributed by atoms with E-state index in [2.05, 4.69) is 12.2 Å². The highest BCUT2D eigenvalue weighted by molar-refractivity contribution is 7.99. The van der Waals surface area contributed by atoms with Crippen LogP contribution in [0.15, 0.2) is 58.3 Å². The number of nitrogens with one attached hydrogen (secondary N) is 1. The number of ether oxygens (including phenoxy) is 1. The average Bonchev–Trinajstić information content (AvgIpc) is 2.77. The zero-order valence-electron chi connectivity index (χ0n) is 17.3. The molecule has 1 fully saturated rings. The van der Waals surface area contributed by atoms with Gasteiger partial charge in [0.05, 0.1) is 17.6 Å². The third-order valence-electron chi connectivity index (χ3n) is 5.20. The molecule has 1 saturated heterocycles. The number of amides is 1. The Morgan fingerprint density at radius 2 is 1.87 bits per heavy atom. The van der Waals surface area contributed by atoms with Gasteiger partial charge in [-0.2, -0.15) is 4.31 Å². The zero-order chi connectivity index (χ0) is 21.6. The highest BCUT2D eigenvalue weighted by Gasteiger charge is 2.29. The Hall–Kier alpha value is -2.03. The maximum Gasteiger partial charge on any atom is 0.255 e. The predicted molar refractivity (Wildman–Crippen MR) is 120 cm³/mol. The van der Waals surface area contributed by atoms with E-state index < -0.39 is 10.0 Å². The Morgan fingerprint density at radius 1 is 1.17 bits per heavy atom. The summed E-state index contributed by atoms with van der Waals surface area (Å²) in [4.78, 5) is 14.0. The van der Waals surface area contributed by atoms with Crippen LogP contribution in [0.4, 0.5) is 0 Å². The van der Waals surface area contributed by atoms with Crippen molar-refractivity contribution in [2.24, 2.45) is 5.92 Å². The van der Waals surface area contributed by atoms with E-state index in [0.717, 1.165) is 17.7 Å². The Morgan fingerprint density at radius 3 is 2.53 bits per heavy atom. The number of thioether (sulfide) groups is 1. The monoisotopic (exact) mass is 448 g/mol. The lowest BCUT2D eigenvalue weighted by Gasteiger charge is -2.29. The van der Waals surface area contributed by atoms with Gasteiger partial charge in [0.1, 0.15) is 5.75 Å². The minimum Gasteiger partial charge on any atom is -0.496 e. The molecule has 0 bridgehead atoms. The lowest BCUT2D eigenvalue weighted by Crippen LogP contribution is -2.38. The summed E-state index contributed by atoms with van der Waals surface area (Å²) in [6.45, 7) is 3.61. The number of sulfonamides is 1. The molecule has 30 heavy (non-hydrogen) atoms. The van der Waals surface area contributed by atoms with E-state index in [-0.39, 0.29) is 16.4 Å². The van der Waals surface area contributed by atoms with E-state index in [4.69, 9.17) is 4.74 Å². The summed E-state index contributed by atoms with van der Waals surface area (Å²) in [6, 6.07) is 14.4. The molecule has 8 heteroatoms. The molecule has 1 amide bonds. The summed E-state index contributed by atoms with van der Waals surface area (Å²) in [5.41, 5.74) is 0.230. The molecule has 0 aliphatic carbocycles. The molecule has 0 radical (unpaired) electrons. The molecule has 2 aromatic rings. The van der Waals surface area contributed by atoms with Crippen LogP contribution in [0.1, 0.15) is 30.1 Å². The van der Waals surface area contributed by atoms with Gasteiger partial charge < -0.3 is 10.1 Å². The van der Waals surface area contributed by atoms with Crippen LogP contribution in [-0.4, -0.2) is 51.1 Å². The van der Waals surface area contributed by atoms with Gasteiger partial charge in [-0.25, -0.2) is 8.42 Å². The van der Waals surface area contributed by atoms with E-state index in [1.54, 1.807) is 17.8 Å². The summed E-state index contributed by atoms with van der Waals surface area (Å²) in [5.74, 6) is 1.25. The van der Waals surface area contributed by atoms with E-state index in [1.165, 1.54) is 23.5 Å². The van der Waals surface area contributed by atoms with Crippen LogP contribution in [0, 0.1) is 5.92 Å². The Kier molecular flexibility index (Phi) is 7.80. The van der Waals surface area contributed by atoms with Crippen LogP contribution in [0.3, 0.4) is 0 Å². The van der Waals surface area contributed by atoms with E-state index in [0.29, 0.717) is 37.1 Å². The van der Waals surface area contributed by atoms with Crippen molar-refractivity contribution in [3.63, 3.8) is 0 Å². The van der Waals surface area contributed by atoms with Gasteiger partial charge in [-0.1, -0.05) is 25.1 Å². The third kappa shape index (κ3) is 5.56. The minimum atomic E-state index is -3.63. The lowest BCUT2D eigenvalue weighted by atomic mass is 10.0. The number of carbonyl (C=O) groups excluding carboxylic acids is 1. The normalized spacial score (nSPS) is 15.7. The van der Waals surface area contributed by atoms with E-state index >= 15 is 0 Å². The van der Waals surface area contributed by atoms with Crippen LogP contribution in [-0.2, 0) is 10.0 Å². The average molecular weight is 449 g/mol. The van der Waals surface area contributed by atoms with Gasteiger partial charge in [0.2, 0.25) is 10.0 Å². The van der Waals surface area contributed by atoms with Gasteiger partial charge in [0.15, 0.2) is 0 Å². The number of rotatable bonds is 8. The summed E-state index contributed by atoms with van der Waals surface area (Å²) in [7, 11) is -2.16. The second-order valence-electron chi connectivity index (χ2n) is 7.37. The number of hydrogen-bond acceptors (Lipinski definition) is 5. The van der Waals surface area contributed by atoms with Crippen LogP contribution in [0.25, 0.3) is 0 Å². The molecule has 2 aromatic carbocycles. The van der Waals surface area contributed by atoms with Gasteiger partial charge in [-0.05, 0) is 49.1 Å². The van der Waals surface area contributed by atoms with E-state index in [9.17, 15) is 13.2 Å². The Balaban J connectivity index is 1.68. The fourth-order valence-electron chi connectivity index (χ4n) is 3.34. The summed E-state index contributed by atoms with van der Waals surface area (Å²) in [5, 5.41) is 2.86. The highest BCUT2D eigenvalue weighted by Crippen LogP contribution is 2.27. The summed E-state index contributed by atoms with van der Waals surface area (Å²) >= 11 is 1.65. The minimum absolute atomic E-state index is 0.127. The maximum absolute atomic E-state index is 13.0. The van der Waals surface area contributed by atoms with Crippen LogP contribution >= 0.6 is 11.8 Å². The molecule has 3 rings (SSSR count). The maximum atomic E-state index is 13.0. The molecule has 1 N–H and O–H groups in total. The number of methoxy groups -OCH3 is 1. The van der Waals surface area contributed by atoms with Crippen LogP contribution in [0.5, 0.6) is 5.75 Å². The fraction of sp³-hybridized carbons (Fsp3) is 0.409. The van der Waals surface area contributed by atoms with E-state index in [1.807, 2.05) is 30.3 Å². The molecule has 0 aromatic heterocycles. The first-order valence-electron chi connectivity index (χ1n) is 10.1. The second kappa shape index (κ2) is 10.3. The first kappa shape index (κ1) is 22.7. The largest absolute Gasteiger partial charge is 0.496 e. The van der Waals surface area contributed by atoms with Crippen molar-refractivity contribution in [1.29, 1.82) is 0 Å². The van der Waals surface area contributed by atoms with Gasteiger partial charge in [0.25, 0.3) is 5.91 Å². The van der Waals surface area contributed by atoms with Gasteiger partial charge in [-0.3, -0.25) is 4.79 Å². The van der Waals surface area contributed by atoms with Crippen molar-refractivity contribution in [1.82, 2.24) is 9.62 Å². The van der Waals surface area contributed by atoms with Gasteiger partial charge in [-0.15, -0.1) is 11.8 Å². The number of piperidine rings is 1. The molecule has 0 atom stereocenters. The molecule has 1 heterocycles. The molecule has 1 aliphatic rings. The molecule has 0 spiro atoms. The third-order valence-corrected chi connectivity index (χ3v) is 8.10. The van der Waals surface area contributed by atoms with Crippen molar-refractivity contribution < 1.29 is 17.9 Å². The Labute approximate surface area is 183 Å². The lowest BCUT2D eigenvalue weighted by molar-refractivity contribution is 0.0953. The van der Waals surface area contributed by atoms with Crippen molar-refractivity contribution >= 4 is 27.7 Å². The van der Waals surface area contributed by atoms with Crippen molar-refractivity contribution in [3.8, 4) is 5.75 Å². The Bertz CT molecular complexity index is 956. The SMILES string of the molecule is COc1ccc(S(=O)(=O)N2CCC(C)CC2)cc1C(=O)NCCSc1ccccc1. The second-order valence-corrected chi connectivity index (χ2v) is 10.5. The first-order valence-corrected chi connectivity index (χ1v) is 12.5. The van der Waals surface area contributed by atoms with Crippen LogP contribution in [0.2, 0.25) is 0 Å². The molecule has 1 aliphatic heterocycles. The molecule has 6 nitrogen and oxygen atoms in total. The number of nitrogens with zero attached hydrogens (tertiary/aromatic N) is 1. The summed E-state index contributed by atoms with van der Waals surface area (Å²) < 4.78 is 32.9. The molecule has 0 unspecified atom stereocenters. The topological polar surface area (TPSA) is 75.7 Å². The molecular formula is C22H28N2O4S2. The standard InChI is InChI=1S/C22H28N2O4S2/c1-17-10-13-24(14-11-17)30(26,27)19-8-9-21(28-2)20(16-19)22(25)23-12-15-29-18-6-4-3-5-7-18/h3-9,16-17H,10-15H2,1-2H3,(H,23,25). The van der Waals surface area contributed by atoms with Crippen molar-refractivity contribution in [2.45, 2.75) is 29.6 Å². The first-order chi connectivity index (χ1) is 14.4.